The minimum atomic E-state index is -1.03. The van der Waals surface area contributed by atoms with Gasteiger partial charge in [0, 0.05) is 4.88 Å². The summed E-state index contributed by atoms with van der Waals surface area (Å²) in [6.07, 6.45) is 0.354. The Labute approximate surface area is 111 Å². The van der Waals surface area contributed by atoms with Crippen molar-refractivity contribution in [2.45, 2.75) is 25.9 Å². The third-order valence-corrected chi connectivity index (χ3v) is 3.69. The number of hydrogen-bond donors (Lipinski definition) is 3. The van der Waals surface area contributed by atoms with Crippen molar-refractivity contribution in [3.63, 3.8) is 0 Å². The standard InChI is InChI=1S/C10H13BrN2O3S/c1-2-7(9(14)15)13-10(16)12-5-6-3-4-8(11)17-6/h3-4,7H,2,5H2,1H3,(H,14,15)(H2,12,13,16). The molecule has 0 saturated carbocycles. The highest BCUT2D eigenvalue weighted by Crippen LogP contribution is 2.21. The second-order valence-corrected chi connectivity index (χ2v) is 5.88. The monoisotopic (exact) mass is 320 g/mol. The average Bonchev–Trinajstić information content (AvgIpc) is 2.68. The van der Waals surface area contributed by atoms with E-state index in [1.807, 2.05) is 12.1 Å². The van der Waals surface area contributed by atoms with Gasteiger partial charge >= 0.3 is 12.0 Å². The smallest absolute Gasteiger partial charge is 0.326 e. The van der Waals surface area contributed by atoms with Gasteiger partial charge in [-0.25, -0.2) is 9.59 Å². The molecule has 1 atom stereocenters. The van der Waals surface area contributed by atoms with Crippen LogP contribution in [0, 0.1) is 0 Å². The van der Waals surface area contributed by atoms with E-state index in [0.717, 1.165) is 8.66 Å². The summed E-state index contributed by atoms with van der Waals surface area (Å²) >= 11 is 4.84. The van der Waals surface area contributed by atoms with Crippen molar-refractivity contribution in [1.29, 1.82) is 0 Å². The SMILES string of the molecule is CCC(NC(=O)NCc1ccc(Br)s1)C(=O)O. The number of carboxylic acids is 1. The highest BCUT2D eigenvalue weighted by molar-refractivity contribution is 9.11. The number of urea groups is 1. The van der Waals surface area contributed by atoms with Crippen molar-refractivity contribution in [3.8, 4) is 0 Å². The number of rotatable bonds is 5. The molecule has 1 heterocycles. The Kier molecular flexibility index (Phi) is 5.43. The summed E-state index contributed by atoms with van der Waals surface area (Å²) in [6, 6.07) is 2.48. The molecular weight excluding hydrogens is 308 g/mol. The maximum atomic E-state index is 11.4. The zero-order chi connectivity index (χ0) is 12.8. The molecule has 0 saturated heterocycles. The van der Waals surface area contributed by atoms with Gasteiger partial charge in [-0.2, -0.15) is 0 Å². The van der Waals surface area contributed by atoms with E-state index in [1.165, 1.54) is 11.3 Å². The van der Waals surface area contributed by atoms with E-state index < -0.39 is 18.0 Å². The van der Waals surface area contributed by atoms with Crippen LogP contribution in [-0.2, 0) is 11.3 Å². The van der Waals surface area contributed by atoms with Crippen LogP contribution in [0.3, 0.4) is 0 Å². The van der Waals surface area contributed by atoms with Gasteiger partial charge in [-0.15, -0.1) is 11.3 Å². The number of carbonyl (C=O) groups excluding carboxylic acids is 1. The molecule has 1 aromatic rings. The number of thiophene rings is 1. The Morgan fingerprint density at radius 3 is 2.71 bits per heavy atom. The van der Waals surface area contributed by atoms with Gasteiger partial charge in [-0.1, -0.05) is 6.92 Å². The predicted octanol–water partition coefficient (Wildman–Crippen LogP) is 2.17. The van der Waals surface area contributed by atoms with Crippen molar-refractivity contribution in [1.82, 2.24) is 10.6 Å². The second-order valence-electron chi connectivity index (χ2n) is 3.33. The summed E-state index contributed by atoms with van der Waals surface area (Å²) in [6.45, 7) is 2.09. The van der Waals surface area contributed by atoms with E-state index in [4.69, 9.17) is 5.11 Å². The first-order chi connectivity index (χ1) is 8.02. The molecule has 0 aliphatic heterocycles. The van der Waals surface area contributed by atoms with Crippen molar-refractivity contribution in [3.05, 3.63) is 20.8 Å². The van der Waals surface area contributed by atoms with Crippen LogP contribution in [-0.4, -0.2) is 23.1 Å². The first-order valence-electron chi connectivity index (χ1n) is 5.04. The number of hydrogen-bond acceptors (Lipinski definition) is 3. The Hall–Kier alpha value is -1.08. The van der Waals surface area contributed by atoms with Gasteiger partial charge < -0.3 is 15.7 Å². The molecule has 0 aliphatic rings. The zero-order valence-electron chi connectivity index (χ0n) is 9.20. The maximum absolute atomic E-state index is 11.4. The van der Waals surface area contributed by atoms with Crippen LogP contribution in [0.5, 0.6) is 0 Å². The fourth-order valence-corrected chi connectivity index (χ4v) is 2.58. The molecule has 0 fully saturated rings. The molecule has 3 N–H and O–H groups in total. The minimum Gasteiger partial charge on any atom is -0.480 e. The second kappa shape index (κ2) is 6.61. The lowest BCUT2D eigenvalue weighted by molar-refractivity contribution is -0.139. The molecule has 17 heavy (non-hydrogen) atoms. The highest BCUT2D eigenvalue weighted by Gasteiger charge is 2.17. The molecule has 5 nitrogen and oxygen atoms in total. The number of amides is 2. The number of nitrogens with one attached hydrogen (secondary N) is 2. The van der Waals surface area contributed by atoms with Crippen molar-refractivity contribution < 1.29 is 14.7 Å². The van der Waals surface area contributed by atoms with Crippen molar-refractivity contribution in [2.24, 2.45) is 0 Å². The van der Waals surface area contributed by atoms with Crippen molar-refractivity contribution >= 4 is 39.3 Å². The van der Waals surface area contributed by atoms with Gasteiger partial charge in [0.25, 0.3) is 0 Å². The highest BCUT2D eigenvalue weighted by atomic mass is 79.9. The van der Waals surface area contributed by atoms with E-state index in [1.54, 1.807) is 6.92 Å². The van der Waals surface area contributed by atoms with Crippen LogP contribution in [0.15, 0.2) is 15.9 Å². The summed E-state index contributed by atoms with van der Waals surface area (Å²) in [7, 11) is 0. The van der Waals surface area contributed by atoms with Gasteiger partial charge in [-0.05, 0) is 34.5 Å². The summed E-state index contributed by atoms with van der Waals surface area (Å²) in [5.74, 6) is -1.03. The molecule has 1 rings (SSSR count). The van der Waals surface area contributed by atoms with Gasteiger partial charge in [0.2, 0.25) is 0 Å². The fourth-order valence-electron chi connectivity index (χ4n) is 1.16. The Morgan fingerprint density at radius 1 is 1.53 bits per heavy atom. The topological polar surface area (TPSA) is 78.4 Å². The number of halogens is 1. The largest absolute Gasteiger partial charge is 0.480 e. The lowest BCUT2D eigenvalue weighted by Gasteiger charge is -2.12. The summed E-state index contributed by atoms with van der Waals surface area (Å²) in [5, 5.41) is 13.8. The molecule has 2 amide bonds. The molecular formula is C10H13BrN2O3S. The van der Waals surface area contributed by atoms with Crippen LogP contribution >= 0.6 is 27.3 Å². The first-order valence-corrected chi connectivity index (χ1v) is 6.65. The Balaban J connectivity index is 2.37. The summed E-state index contributed by atoms with van der Waals surface area (Å²) in [5.41, 5.74) is 0. The molecule has 0 spiro atoms. The molecule has 94 valence electrons. The molecule has 0 aliphatic carbocycles. The van der Waals surface area contributed by atoms with E-state index in [9.17, 15) is 9.59 Å². The zero-order valence-corrected chi connectivity index (χ0v) is 11.6. The van der Waals surface area contributed by atoms with Crippen LogP contribution in [0.2, 0.25) is 0 Å². The molecule has 1 unspecified atom stereocenters. The van der Waals surface area contributed by atoms with E-state index >= 15 is 0 Å². The third-order valence-electron chi connectivity index (χ3n) is 2.06. The van der Waals surface area contributed by atoms with Gasteiger partial charge in [-0.3, -0.25) is 0 Å². The number of aliphatic carboxylic acids is 1. The molecule has 0 radical (unpaired) electrons. The lowest BCUT2D eigenvalue weighted by atomic mass is 10.2. The third kappa shape index (κ3) is 4.74. The summed E-state index contributed by atoms with van der Waals surface area (Å²) in [4.78, 5) is 23.1. The molecule has 0 bridgehead atoms. The maximum Gasteiger partial charge on any atom is 0.326 e. The van der Waals surface area contributed by atoms with Gasteiger partial charge in [0.05, 0.1) is 10.3 Å². The van der Waals surface area contributed by atoms with Crippen LogP contribution < -0.4 is 10.6 Å². The first kappa shape index (κ1) is 14.0. The normalized spacial score (nSPS) is 11.9. The average molecular weight is 321 g/mol. The van der Waals surface area contributed by atoms with E-state index in [0.29, 0.717) is 13.0 Å². The predicted molar refractivity (Wildman–Crippen MR) is 69.1 cm³/mol. The quantitative estimate of drug-likeness (QED) is 0.778. The summed E-state index contributed by atoms with van der Waals surface area (Å²) < 4.78 is 0.992. The Bertz CT molecular complexity index is 408. The molecule has 0 aromatic carbocycles. The Morgan fingerprint density at radius 2 is 2.24 bits per heavy atom. The van der Waals surface area contributed by atoms with Crippen LogP contribution in [0.1, 0.15) is 18.2 Å². The van der Waals surface area contributed by atoms with Crippen LogP contribution in [0.4, 0.5) is 4.79 Å². The minimum absolute atomic E-state index is 0.354. The van der Waals surface area contributed by atoms with Crippen molar-refractivity contribution in [2.75, 3.05) is 0 Å². The lowest BCUT2D eigenvalue weighted by Crippen LogP contribution is -2.45. The van der Waals surface area contributed by atoms with E-state index in [-0.39, 0.29) is 0 Å². The van der Waals surface area contributed by atoms with Crippen LogP contribution in [0.25, 0.3) is 0 Å². The molecule has 1 aromatic heterocycles. The van der Waals surface area contributed by atoms with E-state index in [2.05, 4.69) is 26.6 Å². The number of carboxylic acid groups (broad SMARTS) is 1. The van der Waals surface area contributed by atoms with Gasteiger partial charge in [0.1, 0.15) is 6.04 Å². The molecule has 7 heteroatoms. The van der Waals surface area contributed by atoms with Gasteiger partial charge in [0.15, 0.2) is 0 Å². The fraction of sp³-hybridized carbons (Fsp3) is 0.400. The number of carbonyl (C=O) groups is 2.